The molecule has 0 unspecified atom stereocenters. The van der Waals surface area contributed by atoms with Crippen molar-refractivity contribution < 1.29 is 28.6 Å². The van der Waals surface area contributed by atoms with Crippen LogP contribution in [0.3, 0.4) is 0 Å². The van der Waals surface area contributed by atoms with Gasteiger partial charge in [-0.25, -0.2) is 4.79 Å². The lowest BCUT2D eigenvalue weighted by molar-refractivity contribution is -0.141. The van der Waals surface area contributed by atoms with Crippen LogP contribution in [0.5, 0.6) is 11.5 Å². The van der Waals surface area contributed by atoms with Crippen molar-refractivity contribution in [3.8, 4) is 11.5 Å². The van der Waals surface area contributed by atoms with Gasteiger partial charge in [0.05, 0.1) is 12.7 Å². The van der Waals surface area contributed by atoms with Crippen LogP contribution in [0.4, 0.5) is 0 Å². The van der Waals surface area contributed by atoms with Crippen LogP contribution in [-0.2, 0) is 14.3 Å². The Morgan fingerprint density at radius 1 is 0.895 bits per heavy atom. The fourth-order valence-corrected chi connectivity index (χ4v) is 3.83. The van der Waals surface area contributed by atoms with Crippen LogP contribution in [0.25, 0.3) is 5.57 Å². The molecule has 0 radical (unpaired) electrons. The zero-order chi connectivity index (χ0) is 27.8. The van der Waals surface area contributed by atoms with Crippen LogP contribution in [0.2, 0.25) is 10.0 Å². The second-order valence-electron chi connectivity index (χ2n) is 8.23. The molecular formula is C29H27Cl2NO6. The summed E-state index contributed by atoms with van der Waals surface area (Å²) in [5.41, 5.74) is 2.25. The summed E-state index contributed by atoms with van der Waals surface area (Å²) in [6, 6.07) is 17.8. The minimum Gasteiger partial charge on any atom is -0.493 e. The molecule has 1 atom stereocenters. The van der Waals surface area contributed by atoms with Gasteiger partial charge in [0.1, 0.15) is 11.8 Å². The number of methoxy groups -OCH3 is 1. The maximum Gasteiger partial charge on any atom is 0.333 e. The van der Waals surface area contributed by atoms with E-state index >= 15 is 0 Å². The van der Waals surface area contributed by atoms with Gasteiger partial charge in [-0.05, 0) is 61.4 Å². The van der Waals surface area contributed by atoms with Crippen LogP contribution in [0.1, 0.15) is 48.7 Å². The van der Waals surface area contributed by atoms with Crippen LogP contribution < -0.4 is 14.8 Å². The summed E-state index contributed by atoms with van der Waals surface area (Å²) in [6.45, 7) is 4.79. The summed E-state index contributed by atoms with van der Waals surface area (Å²) < 4.78 is 16.3. The number of allylic oxidation sites excluding steroid dienone is 1. The molecule has 0 aromatic heterocycles. The number of hydrogen-bond donors (Lipinski definition) is 1. The summed E-state index contributed by atoms with van der Waals surface area (Å²) in [5, 5.41) is 3.73. The molecule has 0 heterocycles. The van der Waals surface area contributed by atoms with Crippen molar-refractivity contribution in [2.75, 3.05) is 7.11 Å². The van der Waals surface area contributed by atoms with E-state index in [1.807, 2.05) is 24.3 Å². The third-order valence-electron chi connectivity index (χ3n) is 5.52. The lowest BCUT2D eigenvalue weighted by Gasteiger charge is -2.18. The number of hydrogen-bond acceptors (Lipinski definition) is 6. The first kappa shape index (κ1) is 28.8. The third kappa shape index (κ3) is 7.15. The van der Waals surface area contributed by atoms with Crippen molar-refractivity contribution in [1.29, 1.82) is 0 Å². The average Bonchev–Trinajstić information content (AvgIpc) is 2.90. The quantitative estimate of drug-likeness (QED) is 0.185. The Hall–Kier alpha value is -3.81. The molecule has 0 fully saturated rings. The molecule has 1 N–H and O–H groups in total. The Labute approximate surface area is 231 Å². The number of para-hydroxylation sites is 1. The summed E-state index contributed by atoms with van der Waals surface area (Å²) in [7, 11) is 1.40. The Morgan fingerprint density at radius 2 is 1.45 bits per heavy atom. The number of carbonyl (C=O) groups is 3. The predicted molar refractivity (Wildman–Crippen MR) is 147 cm³/mol. The topological polar surface area (TPSA) is 90.9 Å². The number of esters is 2. The largest absolute Gasteiger partial charge is 0.493 e. The van der Waals surface area contributed by atoms with Crippen LogP contribution in [-0.4, -0.2) is 31.0 Å². The molecule has 3 aromatic carbocycles. The molecule has 38 heavy (non-hydrogen) atoms. The van der Waals surface area contributed by atoms with Crippen molar-refractivity contribution in [1.82, 2.24) is 5.32 Å². The summed E-state index contributed by atoms with van der Waals surface area (Å²) in [6.07, 6.45) is 0.108. The highest BCUT2D eigenvalue weighted by atomic mass is 35.5. The smallest absolute Gasteiger partial charge is 0.333 e. The van der Waals surface area contributed by atoms with Crippen LogP contribution in [0, 0.1) is 0 Å². The maximum atomic E-state index is 13.0. The molecule has 198 valence electrons. The summed E-state index contributed by atoms with van der Waals surface area (Å²) >= 11 is 12.1. The number of rotatable bonds is 9. The lowest BCUT2D eigenvalue weighted by Crippen LogP contribution is -2.39. The zero-order valence-corrected chi connectivity index (χ0v) is 22.9. The van der Waals surface area contributed by atoms with E-state index in [1.54, 1.807) is 50.2 Å². The molecule has 7 nitrogen and oxygen atoms in total. The van der Waals surface area contributed by atoms with Gasteiger partial charge in [-0.15, -0.1) is 0 Å². The van der Waals surface area contributed by atoms with Crippen LogP contribution in [0.15, 0.2) is 72.5 Å². The van der Waals surface area contributed by atoms with E-state index in [0.29, 0.717) is 21.4 Å². The molecule has 3 aromatic rings. The van der Waals surface area contributed by atoms with Gasteiger partial charge in [-0.1, -0.05) is 60.5 Å². The molecule has 0 saturated heterocycles. The number of amides is 1. The number of benzene rings is 3. The van der Waals surface area contributed by atoms with Gasteiger partial charge >= 0.3 is 11.9 Å². The lowest BCUT2D eigenvalue weighted by atomic mass is 9.97. The van der Waals surface area contributed by atoms with Gasteiger partial charge in [0.25, 0.3) is 5.91 Å². The maximum absolute atomic E-state index is 13.0. The predicted octanol–water partition coefficient (Wildman–Crippen LogP) is 6.46. The van der Waals surface area contributed by atoms with Crippen LogP contribution >= 0.6 is 23.2 Å². The third-order valence-corrected chi connectivity index (χ3v) is 6.02. The molecule has 1 amide bonds. The second-order valence-corrected chi connectivity index (χ2v) is 9.10. The number of ether oxygens (including phenoxy) is 3. The van der Waals surface area contributed by atoms with E-state index in [4.69, 9.17) is 37.4 Å². The molecule has 0 aliphatic carbocycles. The second kappa shape index (κ2) is 13.1. The van der Waals surface area contributed by atoms with Gasteiger partial charge in [0.2, 0.25) is 0 Å². The first-order valence-electron chi connectivity index (χ1n) is 11.8. The monoisotopic (exact) mass is 555 g/mol. The minimum absolute atomic E-state index is 0.0243. The molecular weight excluding hydrogens is 529 g/mol. The molecule has 0 aliphatic heterocycles. The standard InChI is InChI=1S/C29H27Cl2NO6/c1-5-25(33)38-27-23(7-6-8-24(27)36-4)28(34)32-17(2)29(35)37-18(3)26(19-9-13-21(30)14-10-19)20-11-15-22(31)16-12-20/h6-17H,5H2,1-4H3,(H,32,34)/t17-/m0/s1. The molecule has 0 saturated carbocycles. The molecule has 0 bridgehead atoms. The van der Waals surface area contributed by atoms with Crippen molar-refractivity contribution in [2.24, 2.45) is 0 Å². The van der Waals surface area contributed by atoms with Gasteiger partial charge in [-0.2, -0.15) is 0 Å². The Balaban J connectivity index is 1.86. The summed E-state index contributed by atoms with van der Waals surface area (Å²) in [4.78, 5) is 38.0. The van der Waals surface area contributed by atoms with E-state index in [0.717, 1.165) is 11.1 Å². The fourth-order valence-electron chi connectivity index (χ4n) is 3.58. The van der Waals surface area contributed by atoms with E-state index in [2.05, 4.69) is 5.32 Å². The summed E-state index contributed by atoms with van der Waals surface area (Å²) in [5.74, 6) is -1.35. The molecule has 0 aliphatic rings. The number of carbonyl (C=O) groups excluding carboxylic acids is 3. The number of halogens is 2. The average molecular weight is 556 g/mol. The highest BCUT2D eigenvalue weighted by Crippen LogP contribution is 2.32. The Kier molecular flexibility index (Phi) is 9.93. The highest BCUT2D eigenvalue weighted by Gasteiger charge is 2.24. The van der Waals surface area contributed by atoms with Crippen molar-refractivity contribution in [3.05, 3.63) is 99.2 Å². The normalized spacial score (nSPS) is 11.2. The van der Waals surface area contributed by atoms with Crippen molar-refractivity contribution >= 4 is 46.6 Å². The molecule has 3 rings (SSSR count). The van der Waals surface area contributed by atoms with Gasteiger partial charge in [0.15, 0.2) is 11.5 Å². The van der Waals surface area contributed by atoms with E-state index in [1.165, 1.54) is 20.1 Å². The van der Waals surface area contributed by atoms with E-state index in [-0.39, 0.29) is 23.5 Å². The van der Waals surface area contributed by atoms with Crippen molar-refractivity contribution in [2.45, 2.75) is 33.2 Å². The highest BCUT2D eigenvalue weighted by molar-refractivity contribution is 6.31. The fraction of sp³-hybridized carbons (Fsp3) is 0.207. The molecule has 0 spiro atoms. The molecule has 9 heteroatoms. The zero-order valence-electron chi connectivity index (χ0n) is 21.3. The van der Waals surface area contributed by atoms with E-state index < -0.39 is 23.9 Å². The number of nitrogens with one attached hydrogen (secondary N) is 1. The van der Waals surface area contributed by atoms with Gasteiger partial charge in [-0.3, -0.25) is 9.59 Å². The SMILES string of the molecule is CCC(=O)Oc1c(OC)cccc1C(=O)N[C@@H](C)C(=O)OC(C)=C(c1ccc(Cl)cc1)c1ccc(Cl)cc1. The van der Waals surface area contributed by atoms with E-state index in [9.17, 15) is 14.4 Å². The minimum atomic E-state index is -1.03. The van der Waals surface area contributed by atoms with Gasteiger partial charge < -0.3 is 19.5 Å². The van der Waals surface area contributed by atoms with Crippen molar-refractivity contribution in [3.63, 3.8) is 0 Å². The first-order valence-corrected chi connectivity index (χ1v) is 12.5. The Morgan fingerprint density at radius 3 is 1.95 bits per heavy atom. The van der Waals surface area contributed by atoms with Gasteiger partial charge in [0, 0.05) is 22.0 Å². The first-order chi connectivity index (χ1) is 18.1. The Bertz CT molecular complexity index is 1300.